The molecule has 4 N–H and O–H groups in total. The lowest BCUT2D eigenvalue weighted by Gasteiger charge is -2.17. The van der Waals surface area contributed by atoms with E-state index in [0.29, 0.717) is 23.1 Å². The third kappa shape index (κ3) is 5.21. The summed E-state index contributed by atoms with van der Waals surface area (Å²) in [5, 5.41) is 15.6. The van der Waals surface area contributed by atoms with E-state index in [0.717, 1.165) is 32.5 Å². The van der Waals surface area contributed by atoms with Gasteiger partial charge >= 0.3 is 5.97 Å². The SMILES string of the molecule is COc1cc2nc(C)nc(NC(C)c3cc(-c4ccccc4C(N)CC(=O)O)cs3)c2cc1OC. The van der Waals surface area contributed by atoms with Gasteiger partial charge in [-0.2, -0.15) is 0 Å². The molecule has 0 aliphatic carbocycles. The van der Waals surface area contributed by atoms with E-state index >= 15 is 0 Å². The van der Waals surface area contributed by atoms with Gasteiger partial charge in [0.05, 0.1) is 32.2 Å². The second kappa shape index (κ2) is 10.3. The molecule has 2 unspecified atom stereocenters. The van der Waals surface area contributed by atoms with E-state index in [2.05, 4.69) is 33.7 Å². The number of nitrogens with zero attached hydrogens (tertiary/aromatic N) is 2. The highest BCUT2D eigenvalue weighted by Crippen LogP contribution is 2.37. The maximum Gasteiger partial charge on any atom is 0.305 e. The number of thiophene rings is 1. The number of aliphatic carboxylic acids is 1. The highest BCUT2D eigenvalue weighted by molar-refractivity contribution is 7.10. The molecule has 8 nitrogen and oxygen atoms in total. The number of hydrogen-bond acceptors (Lipinski definition) is 8. The van der Waals surface area contributed by atoms with E-state index in [1.54, 1.807) is 25.6 Å². The van der Waals surface area contributed by atoms with Crippen molar-refractivity contribution >= 4 is 34.0 Å². The van der Waals surface area contributed by atoms with Gasteiger partial charge in [0.2, 0.25) is 0 Å². The quantitative estimate of drug-likeness (QED) is 0.287. The number of rotatable bonds is 9. The molecule has 0 aliphatic rings. The molecule has 0 amide bonds. The van der Waals surface area contributed by atoms with Gasteiger partial charge in [0.25, 0.3) is 0 Å². The van der Waals surface area contributed by atoms with E-state index in [1.165, 1.54) is 0 Å². The minimum atomic E-state index is -0.919. The average Bonchev–Trinajstić information content (AvgIpc) is 3.33. The van der Waals surface area contributed by atoms with Gasteiger partial charge in [-0.15, -0.1) is 11.3 Å². The standard InChI is InChI=1S/C26H28N4O4S/c1-14(28-26-19-10-22(33-3)23(34-4)12-21(19)29-15(2)30-26)24-9-16(13-35-24)17-7-5-6-8-18(17)20(27)11-25(31)32/h5-10,12-14,20H,11,27H2,1-4H3,(H,31,32)(H,28,29,30). The van der Waals surface area contributed by atoms with Gasteiger partial charge in [-0.3, -0.25) is 4.79 Å². The first-order chi connectivity index (χ1) is 16.8. The van der Waals surface area contributed by atoms with Gasteiger partial charge in [-0.1, -0.05) is 24.3 Å². The predicted octanol–water partition coefficient (Wildman–Crippen LogP) is 5.33. The molecular weight excluding hydrogens is 464 g/mol. The lowest BCUT2D eigenvalue weighted by Crippen LogP contribution is -2.15. The van der Waals surface area contributed by atoms with Crippen molar-refractivity contribution in [3.8, 4) is 22.6 Å². The summed E-state index contributed by atoms with van der Waals surface area (Å²) in [6, 6.07) is 12.9. The number of carboxylic acids is 1. The van der Waals surface area contributed by atoms with E-state index in [9.17, 15) is 4.79 Å². The minimum absolute atomic E-state index is 0.0424. The summed E-state index contributed by atoms with van der Waals surface area (Å²) >= 11 is 1.62. The number of aromatic nitrogens is 2. The van der Waals surface area contributed by atoms with E-state index in [-0.39, 0.29) is 12.5 Å². The van der Waals surface area contributed by atoms with E-state index < -0.39 is 12.0 Å². The Morgan fingerprint density at radius 1 is 1.14 bits per heavy atom. The Balaban J connectivity index is 1.65. The number of nitrogens with one attached hydrogen (secondary N) is 1. The molecule has 35 heavy (non-hydrogen) atoms. The first-order valence-electron chi connectivity index (χ1n) is 11.1. The van der Waals surface area contributed by atoms with Crippen LogP contribution in [-0.2, 0) is 4.79 Å². The summed E-state index contributed by atoms with van der Waals surface area (Å²) in [4.78, 5) is 21.5. The van der Waals surface area contributed by atoms with Gasteiger partial charge < -0.3 is 25.6 Å². The number of nitrogens with two attached hydrogens (primary N) is 1. The Bertz CT molecular complexity index is 1370. The van der Waals surface area contributed by atoms with Gasteiger partial charge in [-0.05, 0) is 48.1 Å². The lowest BCUT2D eigenvalue weighted by atomic mass is 9.95. The topological polar surface area (TPSA) is 120 Å². The number of anilines is 1. The molecule has 0 spiro atoms. The number of benzene rings is 2. The molecule has 2 heterocycles. The predicted molar refractivity (Wildman–Crippen MR) is 138 cm³/mol. The molecule has 4 aromatic rings. The summed E-state index contributed by atoms with van der Waals surface area (Å²) in [5.41, 5.74) is 9.72. The fourth-order valence-electron chi connectivity index (χ4n) is 4.06. The van der Waals surface area contributed by atoms with Crippen molar-refractivity contribution in [1.82, 2.24) is 9.97 Å². The van der Waals surface area contributed by atoms with Crippen LogP contribution < -0.4 is 20.5 Å². The number of carboxylic acid groups (broad SMARTS) is 1. The molecule has 182 valence electrons. The van der Waals surface area contributed by atoms with Crippen LogP contribution in [0, 0.1) is 6.92 Å². The maximum absolute atomic E-state index is 11.2. The molecule has 0 aliphatic heterocycles. The van der Waals surface area contributed by atoms with Crippen LogP contribution in [0.15, 0.2) is 47.8 Å². The van der Waals surface area contributed by atoms with E-state index in [4.69, 9.17) is 20.3 Å². The highest BCUT2D eigenvalue weighted by atomic mass is 32.1. The van der Waals surface area contributed by atoms with Crippen LogP contribution in [0.1, 0.15) is 41.7 Å². The van der Waals surface area contributed by atoms with Gasteiger partial charge in [0, 0.05) is 22.4 Å². The number of hydrogen-bond donors (Lipinski definition) is 3. The van der Waals surface area contributed by atoms with Crippen LogP contribution in [0.2, 0.25) is 0 Å². The second-order valence-electron chi connectivity index (χ2n) is 8.24. The van der Waals surface area contributed by atoms with Crippen LogP contribution >= 0.6 is 11.3 Å². The number of fused-ring (bicyclic) bond motifs is 1. The number of methoxy groups -OCH3 is 2. The average molecular weight is 493 g/mol. The number of ether oxygens (including phenoxy) is 2. The van der Waals surface area contributed by atoms with Crippen molar-refractivity contribution < 1.29 is 19.4 Å². The van der Waals surface area contributed by atoms with Crippen molar-refractivity contribution in [3.05, 3.63) is 64.1 Å². The molecule has 0 saturated heterocycles. The molecule has 4 rings (SSSR count). The second-order valence-corrected chi connectivity index (χ2v) is 9.18. The fraction of sp³-hybridized carbons (Fsp3) is 0.269. The van der Waals surface area contributed by atoms with Gasteiger partial charge in [0.1, 0.15) is 11.6 Å². The monoisotopic (exact) mass is 492 g/mol. The zero-order chi connectivity index (χ0) is 25.1. The van der Waals surface area contributed by atoms with Crippen LogP contribution in [-0.4, -0.2) is 35.3 Å². The van der Waals surface area contributed by atoms with Crippen molar-refractivity contribution in [3.63, 3.8) is 0 Å². The molecule has 2 aromatic heterocycles. The molecule has 2 aromatic carbocycles. The summed E-state index contributed by atoms with van der Waals surface area (Å²) in [6.07, 6.45) is -0.125. The smallest absolute Gasteiger partial charge is 0.305 e. The Morgan fingerprint density at radius 3 is 2.57 bits per heavy atom. The third-order valence-corrected chi connectivity index (χ3v) is 6.89. The van der Waals surface area contributed by atoms with Gasteiger partial charge in [-0.25, -0.2) is 9.97 Å². The Morgan fingerprint density at radius 2 is 1.86 bits per heavy atom. The zero-order valence-corrected chi connectivity index (χ0v) is 20.8. The summed E-state index contributed by atoms with van der Waals surface area (Å²) in [6.45, 7) is 3.92. The van der Waals surface area contributed by atoms with Gasteiger partial charge in [0.15, 0.2) is 11.5 Å². The number of carbonyl (C=O) groups is 1. The third-order valence-electron chi connectivity index (χ3n) is 5.78. The van der Waals surface area contributed by atoms with Crippen molar-refractivity contribution in [2.24, 2.45) is 5.73 Å². The molecule has 9 heteroatoms. The summed E-state index contributed by atoms with van der Waals surface area (Å²) in [7, 11) is 3.20. The lowest BCUT2D eigenvalue weighted by molar-refractivity contribution is -0.137. The van der Waals surface area contributed by atoms with Crippen molar-refractivity contribution in [2.75, 3.05) is 19.5 Å². The molecule has 0 fully saturated rings. The molecule has 0 radical (unpaired) electrons. The Hall–Kier alpha value is -3.69. The van der Waals surface area contributed by atoms with Crippen LogP contribution in [0.3, 0.4) is 0 Å². The zero-order valence-electron chi connectivity index (χ0n) is 20.0. The largest absolute Gasteiger partial charge is 0.493 e. The normalized spacial score (nSPS) is 12.8. The Kier molecular flexibility index (Phi) is 7.18. The van der Waals surface area contributed by atoms with Crippen molar-refractivity contribution in [2.45, 2.75) is 32.4 Å². The summed E-state index contributed by atoms with van der Waals surface area (Å²) < 4.78 is 10.9. The first-order valence-corrected chi connectivity index (χ1v) is 12.0. The highest BCUT2D eigenvalue weighted by Gasteiger charge is 2.19. The van der Waals surface area contributed by atoms with Crippen LogP contribution in [0.5, 0.6) is 11.5 Å². The maximum atomic E-state index is 11.2. The molecule has 2 atom stereocenters. The van der Waals surface area contributed by atoms with Crippen LogP contribution in [0.25, 0.3) is 22.0 Å². The molecular formula is C26H28N4O4S. The molecule has 0 saturated carbocycles. The van der Waals surface area contributed by atoms with Crippen LogP contribution in [0.4, 0.5) is 5.82 Å². The van der Waals surface area contributed by atoms with Crippen molar-refractivity contribution in [1.29, 1.82) is 0 Å². The molecule has 0 bridgehead atoms. The summed E-state index contributed by atoms with van der Waals surface area (Å²) in [5.74, 6) is 1.65. The number of aryl methyl sites for hydroxylation is 1. The minimum Gasteiger partial charge on any atom is -0.493 e. The van der Waals surface area contributed by atoms with E-state index in [1.807, 2.05) is 43.3 Å². The fourth-order valence-corrected chi connectivity index (χ4v) is 4.98. The Labute approximate surface area is 207 Å². The first kappa shape index (κ1) is 24.4.